The predicted molar refractivity (Wildman–Crippen MR) is 70.4 cm³/mol. The SMILES string of the molecule is NNc1nc(OCc2ccco2)c2ccccc2n1. The first-order valence-corrected chi connectivity index (χ1v) is 5.75. The van der Waals surface area contributed by atoms with E-state index < -0.39 is 0 Å². The van der Waals surface area contributed by atoms with Gasteiger partial charge in [-0.25, -0.2) is 10.8 Å². The minimum absolute atomic E-state index is 0.304. The van der Waals surface area contributed by atoms with Crippen LogP contribution < -0.4 is 16.0 Å². The van der Waals surface area contributed by atoms with Gasteiger partial charge in [-0.05, 0) is 24.3 Å². The number of para-hydroxylation sites is 1. The van der Waals surface area contributed by atoms with Gasteiger partial charge in [0.1, 0.15) is 12.4 Å². The van der Waals surface area contributed by atoms with Gasteiger partial charge in [-0.1, -0.05) is 12.1 Å². The van der Waals surface area contributed by atoms with Crippen molar-refractivity contribution in [1.82, 2.24) is 9.97 Å². The second-order valence-corrected chi connectivity index (χ2v) is 3.88. The zero-order valence-corrected chi connectivity index (χ0v) is 10.0. The number of benzene rings is 1. The third-order valence-electron chi connectivity index (χ3n) is 2.63. The number of fused-ring (bicyclic) bond motifs is 1. The highest BCUT2D eigenvalue weighted by Crippen LogP contribution is 2.24. The lowest BCUT2D eigenvalue weighted by molar-refractivity contribution is 0.264. The fourth-order valence-corrected chi connectivity index (χ4v) is 1.76. The summed E-state index contributed by atoms with van der Waals surface area (Å²) in [5, 5.41) is 0.827. The van der Waals surface area contributed by atoms with Crippen molar-refractivity contribution in [1.29, 1.82) is 0 Å². The first-order chi connectivity index (χ1) is 9.36. The summed E-state index contributed by atoms with van der Waals surface area (Å²) in [6, 6.07) is 11.2. The van der Waals surface area contributed by atoms with Crippen LogP contribution in [0.3, 0.4) is 0 Å². The Balaban J connectivity index is 1.96. The average molecular weight is 256 g/mol. The number of hydrogen-bond donors (Lipinski definition) is 2. The number of nitrogens with one attached hydrogen (secondary N) is 1. The van der Waals surface area contributed by atoms with E-state index in [1.54, 1.807) is 6.26 Å². The van der Waals surface area contributed by atoms with Crippen molar-refractivity contribution in [3.63, 3.8) is 0 Å². The van der Waals surface area contributed by atoms with Crippen molar-refractivity contribution in [2.45, 2.75) is 6.61 Å². The molecule has 0 aliphatic rings. The number of furan rings is 1. The van der Waals surface area contributed by atoms with E-state index in [4.69, 9.17) is 15.0 Å². The third-order valence-corrected chi connectivity index (χ3v) is 2.63. The summed E-state index contributed by atoms with van der Waals surface area (Å²) in [6.45, 7) is 0.304. The van der Waals surface area contributed by atoms with Crippen LogP contribution in [0.15, 0.2) is 47.1 Å². The van der Waals surface area contributed by atoms with Crippen molar-refractivity contribution in [3.05, 3.63) is 48.4 Å². The number of hydrogen-bond acceptors (Lipinski definition) is 6. The monoisotopic (exact) mass is 256 g/mol. The van der Waals surface area contributed by atoms with Gasteiger partial charge >= 0.3 is 0 Å². The van der Waals surface area contributed by atoms with Crippen LogP contribution in [0.4, 0.5) is 5.95 Å². The molecule has 0 bridgehead atoms. The Labute approximate surface area is 109 Å². The zero-order chi connectivity index (χ0) is 13.1. The summed E-state index contributed by atoms with van der Waals surface area (Å²) < 4.78 is 10.9. The molecule has 96 valence electrons. The molecule has 0 aliphatic carbocycles. The second-order valence-electron chi connectivity index (χ2n) is 3.88. The molecule has 0 aliphatic heterocycles. The topological polar surface area (TPSA) is 86.2 Å². The standard InChI is InChI=1S/C13H12N4O2/c14-17-13-15-11-6-2-1-5-10(11)12(16-13)19-8-9-4-3-7-18-9/h1-7H,8,14H2,(H,15,16,17). The van der Waals surface area contributed by atoms with Crippen LogP contribution in [0.2, 0.25) is 0 Å². The molecule has 3 N–H and O–H groups in total. The van der Waals surface area contributed by atoms with Crippen LogP contribution in [0.1, 0.15) is 5.76 Å². The average Bonchev–Trinajstić information content (AvgIpc) is 2.97. The molecule has 1 aromatic carbocycles. The summed E-state index contributed by atoms with van der Waals surface area (Å²) in [5.74, 6) is 6.86. The third kappa shape index (κ3) is 2.34. The smallest absolute Gasteiger partial charge is 0.241 e. The quantitative estimate of drug-likeness (QED) is 0.549. The maximum absolute atomic E-state index is 5.67. The molecule has 0 fully saturated rings. The fourth-order valence-electron chi connectivity index (χ4n) is 1.76. The van der Waals surface area contributed by atoms with Crippen molar-refractivity contribution < 1.29 is 9.15 Å². The molecule has 0 radical (unpaired) electrons. The Kier molecular flexibility index (Phi) is 2.99. The number of hydrazine groups is 1. The molecule has 6 heteroatoms. The first kappa shape index (κ1) is 11.5. The maximum Gasteiger partial charge on any atom is 0.241 e. The number of nitrogen functional groups attached to an aromatic ring is 1. The molecule has 0 amide bonds. The molecule has 19 heavy (non-hydrogen) atoms. The molecule has 3 aromatic rings. The van der Waals surface area contributed by atoms with Gasteiger partial charge in [0, 0.05) is 0 Å². The van der Waals surface area contributed by atoms with Crippen molar-refractivity contribution in [2.75, 3.05) is 5.43 Å². The minimum Gasteiger partial charge on any atom is -0.469 e. The van der Waals surface area contributed by atoms with Crippen LogP contribution in [-0.2, 0) is 6.61 Å². The molecular weight excluding hydrogens is 244 g/mol. The molecule has 2 heterocycles. The maximum atomic E-state index is 5.67. The lowest BCUT2D eigenvalue weighted by Gasteiger charge is -2.08. The molecule has 0 saturated carbocycles. The number of anilines is 1. The Hall–Kier alpha value is -2.60. The number of ether oxygens (including phenoxy) is 1. The zero-order valence-electron chi connectivity index (χ0n) is 10.0. The molecule has 0 saturated heterocycles. The van der Waals surface area contributed by atoms with Gasteiger partial charge in [0.05, 0.1) is 17.2 Å². The number of aromatic nitrogens is 2. The molecule has 3 rings (SSSR count). The van der Waals surface area contributed by atoms with E-state index >= 15 is 0 Å². The van der Waals surface area contributed by atoms with E-state index in [9.17, 15) is 0 Å². The molecule has 6 nitrogen and oxygen atoms in total. The van der Waals surface area contributed by atoms with Crippen molar-refractivity contribution in [3.8, 4) is 5.88 Å². The first-order valence-electron chi connectivity index (χ1n) is 5.75. The lowest BCUT2D eigenvalue weighted by atomic mass is 10.2. The van der Waals surface area contributed by atoms with E-state index in [0.29, 0.717) is 18.4 Å². The number of rotatable bonds is 4. The van der Waals surface area contributed by atoms with Gasteiger partial charge in [-0.15, -0.1) is 0 Å². The van der Waals surface area contributed by atoms with Crippen LogP contribution >= 0.6 is 0 Å². The summed E-state index contributed by atoms with van der Waals surface area (Å²) >= 11 is 0. The van der Waals surface area contributed by atoms with Gasteiger partial charge in [0.25, 0.3) is 0 Å². The van der Waals surface area contributed by atoms with E-state index in [1.165, 1.54) is 0 Å². The summed E-state index contributed by atoms with van der Waals surface area (Å²) in [6.07, 6.45) is 1.60. The highest BCUT2D eigenvalue weighted by atomic mass is 16.5. The highest BCUT2D eigenvalue weighted by Gasteiger charge is 2.08. The molecule has 0 unspecified atom stereocenters. The van der Waals surface area contributed by atoms with Gasteiger partial charge in [0.2, 0.25) is 11.8 Å². The van der Waals surface area contributed by atoms with Crippen LogP contribution in [-0.4, -0.2) is 9.97 Å². The van der Waals surface area contributed by atoms with E-state index in [1.807, 2.05) is 36.4 Å². The van der Waals surface area contributed by atoms with Gasteiger partial charge < -0.3 is 9.15 Å². The highest BCUT2D eigenvalue weighted by molar-refractivity contribution is 5.84. The molecule has 0 atom stereocenters. The lowest BCUT2D eigenvalue weighted by Crippen LogP contribution is -2.11. The Bertz CT molecular complexity index is 682. The number of nitrogens with zero attached hydrogens (tertiary/aromatic N) is 2. The Morgan fingerprint density at radius 2 is 2.05 bits per heavy atom. The van der Waals surface area contributed by atoms with E-state index in [-0.39, 0.29) is 0 Å². The van der Waals surface area contributed by atoms with Crippen molar-refractivity contribution in [2.24, 2.45) is 5.84 Å². The summed E-state index contributed by atoms with van der Waals surface area (Å²) in [7, 11) is 0. The summed E-state index contributed by atoms with van der Waals surface area (Å²) in [5.41, 5.74) is 3.19. The second kappa shape index (κ2) is 4.95. The van der Waals surface area contributed by atoms with Crippen LogP contribution in [0.5, 0.6) is 5.88 Å². The molecule has 0 spiro atoms. The number of nitrogens with two attached hydrogens (primary N) is 1. The largest absolute Gasteiger partial charge is 0.469 e. The normalized spacial score (nSPS) is 10.6. The Morgan fingerprint density at radius 3 is 2.84 bits per heavy atom. The molecule has 2 aromatic heterocycles. The molecular formula is C13H12N4O2. The summed E-state index contributed by atoms with van der Waals surface area (Å²) in [4.78, 5) is 8.46. The predicted octanol–water partition coefficient (Wildman–Crippen LogP) is 2.09. The fraction of sp³-hybridized carbons (Fsp3) is 0.0769. The van der Waals surface area contributed by atoms with Crippen LogP contribution in [0.25, 0.3) is 10.9 Å². The van der Waals surface area contributed by atoms with Crippen LogP contribution in [0, 0.1) is 0 Å². The van der Waals surface area contributed by atoms with E-state index in [2.05, 4.69) is 15.4 Å². The van der Waals surface area contributed by atoms with E-state index in [0.717, 1.165) is 16.7 Å². The minimum atomic E-state index is 0.304. The van der Waals surface area contributed by atoms with Gasteiger partial charge in [-0.2, -0.15) is 4.98 Å². The van der Waals surface area contributed by atoms with Gasteiger partial charge in [0.15, 0.2) is 0 Å². The van der Waals surface area contributed by atoms with Crippen molar-refractivity contribution >= 4 is 16.9 Å². The van der Waals surface area contributed by atoms with Gasteiger partial charge in [-0.3, -0.25) is 5.43 Å². The Morgan fingerprint density at radius 1 is 1.16 bits per heavy atom.